The van der Waals surface area contributed by atoms with Crippen LogP contribution in [0.15, 0.2) is 48.5 Å². The maximum atomic E-state index is 13.0. The first-order chi connectivity index (χ1) is 12.4. The van der Waals surface area contributed by atoms with Gasteiger partial charge in [-0.15, -0.1) is 12.4 Å². The molecule has 0 radical (unpaired) electrons. The summed E-state index contributed by atoms with van der Waals surface area (Å²) >= 11 is 0. The number of primary amides is 1. The van der Waals surface area contributed by atoms with Gasteiger partial charge in [0.05, 0.1) is 5.41 Å². The third kappa shape index (κ3) is 4.30. The zero-order valence-corrected chi connectivity index (χ0v) is 15.9. The molecule has 0 heterocycles. The molecule has 2 aliphatic carbocycles. The number of carbonyl (C=O) groups is 1. The molecular formula is C21H25ClF2N2O. The molecule has 0 aromatic heterocycles. The van der Waals surface area contributed by atoms with Crippen molar-refractivity contribution in [3.05, 3.63) is 71.3 Å². The summed E-state index contributed by atoms with van der Waals surface area (Å²) < 4.78 is 25.8. The third-order valence-electron chi connectivity index (χ3n) is 5.70. The molecule has 0 spiro atoms. The van der Waals surface area contributed by atoms with Gasteiger partial charge in [0, 0.05) is 5.54 Å². The zero-order chi connectivity index (χ0) is 18.8. The van der Waals surface area contributed by atoms with E-state index in [1.165, 1.54) is 18.2 Å². The largest absolute Gasteiger partial charge is 0.369 e. The molecule has 0 aliphatic heterocycles. The monoisotopic (exact) mass is 394 g/mol. The standard InChI is InChI=1S/C11H12FNO.C10H12FN.ClH/c12-9-4-1-3-8(7-9)11(10(13)14)5-2-6-11;11-9-4-1-3-8(7-9)10(12)5-2-6-10;/h1,3-4,7H,2,5-6H2,(H2,13,14);1,3-4,7H,2,5-6,12H2;1H. The minimum absolute atomic E-state index is 0. The quantitative estimate of drug-likeness (QED) is 0.814. The summed E-state index contributed by atoms with van der Waals surface area (Å²) in [7, 11) is 0. The number of benzene rings is 2. The van der Waals surface area contributed by atoms with E-state index in [2.05, 4.69) is 0 Å². The van der Waals surface area contributed by atoms with Crippen LogP contribution in [-0.2, 0) is 15.7 Å². The van der Waals surface area contributed by atoms with Crippen molar-refractivity contribution in [1.29, 1.82) is 0 Å². The van der Waals surface area contributed by atoms with E-state index in [1.54, 1.807) is 24.3 Å². The second-order valence-electron chi connectivity index (χ2n) is 7.33. The number of carbonyl (C=O) groups excluding carboxylic acids is 1. The normalized spacial score (nSPS) is 18.6. The van der Waals surface area contributed by atoms with Crippen LogP contribution >= 0.6 is 12.4 Å². The van der Waals surface area contributed by atoms with E-state index in [-0.39, 0.29) is 35.5 Å². The van der Waals surface area contributed by atoms with Crippen molar-refractivity contribution in [3.63, 3.8) is 0 Å². The summed E-state index contributed by atoms with van der Waals surface area (Å²) in [5, 5.41) is 0. The van der Waals surface area contributed by atoms with Crippen molar-refractivity contribution in [3.8, 4) is 0 Å². The minimum Gasteiger partial charge on any atom is -0.369 e. The lowest BCUT2D eigenvalue weighted by Gasteiger charge is -2.39. The van der Waals surface area contributed by atoms with Crippen LogP contribution in [0.3, 0.4) is 0 Å². The van der Waals surface area contributed by atoms with Gasteiger partial charge in [-0.2, -0.15) is 0 Å². The maximum Gasteiger partial charge on any atom is 0.228 e. The highest BCUT2D eigenvalue weighted by Crippen LogP contribution is 2.43. The van der Waals surface area contributed by atoms with Crippen LogP contribution in [0.5, 0.6) is 0 Å². The second kappa shape index (κ2) is 8.36. The molecular weight excluding hydrogens is 370 g/mol. The van der Waals surface area contributed by atoms with Gasteiger partial charge in [0.15, 0.2) is 0 Å². The highest BCUT2D eigenvalue weighted by atomic mass is 35.5. The number of nitrogens with two attached hydrogens (primary N) is 2. The summed E-state index contributed by atoms with van der Waals surface area (Å²) in [6.07, 6.45) is 5.59. The van der Waals surface area contributed by atoms with Crippen LogP contribution in [-0.4, -0.2) is 5.91 Å². The van der Waals surface area contributed by atoms with Gasteiger partial charge in [0.2, 0.25) is 5.91 Å². The number of halogens is 3. The Labute approximate surface area is 164 Å². The van der Waals surface area contributed by atoms with Crippen LogP contribution in [0.1, 0.15) is 49.7 Å². The molecule has 2 fully saturated rings. The zero-order valence-electron chi connectivity index (χ0n) is 15.1. The second-order valence-corrected chi connectivity index (χ2v) is 7.33. The first-order valence-electron chi connectivity index (χ1n) is 8.97. The Morgan fingerprint density at radius 2 is 1.33 bits per heavy atom. The van der Waals surface area contributed by atoms with Gasteiger partial charge in [-0.25, -0.2) is 8.78 Å². The molecule has 0 saturated heterocycles. The van der Waals surface area contributed by atoms with E-state index < -0.39 is 5.41 Å². The van der Waals surface area contributed by atoms with Gasteiger partial charge >= 0.3 is 0 Å². The summed E-state index contributed by atoms with van der Waals surface area (Å²) in [4.78, 5) is 11.3. The Morgan fingerprint density at radius 1 is 0.852 bits per heavy atom. The fraction of sp³-hybridized carbons (Fsp3) is 0.381. The van der Waals surface area contributed by atoms with Gasteiger partial charge in [0.25, 0.3) is 0 Å². The molecule has 3 nitrogen and oxygen atoms in total. The van der Waals surface area contributed by atoms with Gasteiger partial charge in [0.1, 0.15) is 11.6 Å². The molecule has 2 saturated carbocycles. The Hall–Kier alpha value is -1.98. The van der Waals surface area contributed by atoms with Crippen molar-refractivity contribution < 1.29 is 13.6 Å². The maximum absolute atomic E-state index is 13.0. The summed E-state index contributed by atoms with van der Waals surface area (Å²) in [5.41, 5.74) is 12.2. The molecule has 4 N–H and O–H groups in total. The third-order valence-corrected chi connectivity index (χ3v) is 5.70. The van der Waals surface area contributed by atoms with Crippen molar-refractivity contribution in [2.24, 2.45) is 11.5 Å². The van der Waals surface area contributed by atoms with Crippen molar-refractivity contribution >= 4 is 18.3 Å². The van der Waals surface area contributed by atoms with Crippen LogP contribution in [0.2, 0.25) is 0 Å². The number of rotatable bonds is 3. The Morgan fingerprint density at radius 3 is 1.70 bits per heavy atom. The summed E-state index contributed by atoms with van der Waals surface area (Å²) in [6, 6.07) is 12.8. The number of amides is 1. The van der Waals surface area contributed by atoms with Gasteiger partial charge in [-0.1, -0.05) is 30.7 Å². The lowest BCUT2D eigenvalue weighted by molar-refractivity contribution is -0.126. The molecule has 1 amide bonds. The molecule has 2 aromatic carbocycles. The lowest BCUT2D eigenvalue weighted by atomic mass is 9.64. The summed E-state index contributed by atoms with van der Waals surface area (Å²) in [6.45, 7) is 0. The van der Waals surface area contributed by atoms with Crippen molar-refractivity contribution in [2.75, 3.05) is 0 Å². The lowest BCUT2D eigenvalue weighted by Crippen LogP contribution is -2.46. The van der Waals surface area contributed by atoms with Crippen LogP contribution in [0, 0.1) is 11.6 Å². The fourth-order valence-corrected chi connectivity index (χ4v) is 3.64. The predicted molar refractivity (Wildman–Crippen MR) is 104 cm³/mol. The van der Waals surface area contributed by atoms with E-state index in [1.807, 2.05) is 6.07 Å². The SMILES string of the molecule is Cl.NC(=O)C1(c2cccc(F)c2)CCC1.NC1(c2cccc(F)c2)CCC1. The first-order valence-corrected chi connectivity index (χ1v) is 8.97. The number of hydrogen-bond acceptors (Lipinski definition) is 2. The predicted octanol–water partition coefficient (Wildman–Crippen LogP) is 4.32. The Kier molecular flexibility index (Phi) is 6.60. The fourth-order valence-electron chi connectivity index (χ4n) is 3.64. The average molecular weight is 395 g/mol. The molecule has 4 rings (SSSR count). The minimum atomic E-state index is -0.595. The molecule has 146 valence electrons. The topological polar surface area (TPSA) is 69.1 Å². The molecule has 27 heavy (non-hydrogen) atoms. The highest BCUT2D eigenvalue weighted by molar-refractivity contribution is 5.87. The van der Waals surface area contributed by atoms with Gasteiger partial charge in [-0.05, 0) is 67.5 Å². The highest BCUT2D eigenvalue weighted by Gasteiger charge is 2.44. The first kappa shape index (κ1) is 21.3. The van der Waals surface area contributed by atoms with Crippen LogP contribution < -0.4 is 11.5 Å². The number of hydrogen-bond donors (Lipinski definition) is 2. The van der Waals surface area contributed by atoms with Crippen LogP contribution in [0.4, 0.5) is 8.78 Å². The van der Waals surface area contributed by atoms with E-state index in [0.717, 1.165) is 49.7 Å². The molecule has 2 aliphatic rings. The van der Waals surface area contributed by atoms with Crippen molar-refractivity contribution in [1.82, 2.24) is 0 Å². The van der Waals surface area contributed by atoms with Gasteiger partial charge < -0.3 is 11.5 Å². The van der Waals surface area contributed by atoms with E-state index in [0.29, 0.717) is 0 Å². The van der Waals surface area contributed by atoms with Crippen molar-refractivity contribution in [2.45, 2.75) is 49.5 Å². The average Bonchev–Trinajstić information content (AvgIpc) is 2.52. The van der Waals surface area contributed by atoms with E-state index >= 15 is 0 Å². The molecule has 6 heteroatoms. The molecule has 0 bridgehead atoms. The molecule has 0 atom stereocenters. The molecule has 0 unspecified atom stereocenters. The van der Waals surface area contributed by atoms with E-state index in [9.17, 15) is 13.6 Å². The Bertz CT molecular complexity index is 804. The van der Waals surface area contributed by atoms with E-state index in [4.69, 9.17) is 11.5 Å². The summed E-state index contributed by atoms with van der Waals surface area (Å²) in [5.74, 6) is -0.839. The molecule has 2 aromatic rings. The smallest absolute Gasteiger partial charge is 0.228 e. The van der Waals surface area contributed by atoms with Crippen LogP contribution in [0.25, 0.3) is 0 Å². The van der Waals surface area contributed by atoms with Gasteiger partial charge in [-0.3, -0.25) is 4.79 Å². The Balaban J connectivity index is 0.000000189.